The summed E-state index contributed by atoms with van der Waals surface area (Å²) in [6.07, 6.45) is 3.79. The number of rotatable bonds is 3. The van der Waals surface area contributed by atoms with E-state index in [-0.39, 0.29) is 5.92 Å². The van der Waals surface area contributed by atoms with Crippen LogP contribution in [0.2, 0.25) is 5.15 Å². The lowest BCUT2D eigenvalue weighted by Gasteiger charge is -2.12. The van der Waals surface area contributed by atoms with Crippen LogP contribution in [0.25, 0.3) is 11.3 Å². The Bertz CT molecular complexity index is 655. The Morgan fingerprint density at radius 3 is 2.40 bits per heavy atom. The lowest BCUT2D eigenvalue weighted by molar-refractivity contribution is -0.140. The smallest absolute Gasteiger partial charge is 0.314 e. The zero-order valence-electron chi connectivity index (χ0n) is 10.9. The van der Waals surface area contributed by atoms with E-state index in [0.717, 1.165) is 11.1 Å². The van der Waals surface area contributed by atoms with Gasteiger partial charge in [0.05, 0.1) is 23.5 Å². The molecule has 0 saturated heterocycles. The van der Waals surface area contributed by atoms with Gasteiger partial charge < -0.3 is 5.11 Å². The Morgan fingerprint density at radius 2 is 1.95 bits per heavy atom. The summed E-state index contributed by atoms with van der Waals surface area (Å²) in [6, 6.07) is 7.48. The van der Waals surface area contributed by atoms with E-state index in [4.69, 9.17) is 11.6 Å². The van der Waals surface area contributed by atoms with Crippen molar-refractivity contribution in [1.82, 2.24) is 9.97 Å². The molecule has 20 heavy (non-hydrogen) atoms. The van der Waals surface area contributed by atoms with Gasteiger partial charge in [0.1, 0.15) is 5.15 Å². The van der Waals surface area contributed by atoms with E-state index in [0.29, 0.717) is 17.3 Å². The van der Waals surface area contributed by atoms with Crippen molar-refractivity contribution >= 4 is 17.6 Å². The van der Waals surface area contributed by atoms with E-state index in [2.05, 4.69) is 9.97 Å². The highest BCUT2D eigenvalue weighted by atomic mass is 35.5. The number of aromatic nitrogens is 2. The van der Waals surface area contributed by atoms with Gasteiger partial charge in [0, 0.05) is 5.56 Å². The first-order chi connectivity index (χ1) is 9.54. The third-order valence-corrected chi connectivity index (χ3v) is 4.20. The van der Waals surface area contributed by atoms with Gasteiger partial charge >= 0.3 is 5.97 Å². The van der Waals surface area contributed by atoms with Crippen LogP contribution in [0, 0.1) is 5.92 Å². The van der Waals surface area contributed by atoms with Crippen molar-refractivity contribution in [3.8, 4) is 11.3 Å². The summed E-state index contributed by atoms with van der Waals surface area (Å²) >= 11 is 5.70. The normalized spacial score (nSPS) is 24.4. The molecule has 102 valence electrons. The van der Waals surface area contributed by atoms with Crippen LogP contribution in [-0.4, -0.2) is 21.0 Å². The molecule has 2 aromatic rings. The quantitative estimate of drug-likeness (QED) is 0.942. The highest BCUT2D eigenvalue weighted by molar-refractivity contribution is 6.29. The number of hydrogen-bond donors (Lipinski definition) is 1. The van der Waals surface area contributed by atoms with Crippen LogP contribution in [0.5, 0.6) is 0 Å². The molecular weight excluding hydrogens is 276 g/mol. The van der Waals surface area contributed by atoms with Gasteiger partial charge in [-0.25, -0.2) is 4.98 Å². The summed E-state index contributed by atoms with van der Waals surface area (Å²) in [5.41, 5.74) is 1.76. The van der Waals surface area contributed by atoms with Crippen molar-refractivity contribution in [2.45, 2.75) is 18.8 Å². The lowest BCUT2D eigenvalue weighted by atomic mass is 9.92. The van der Waals surface area contributed by atoms with Gasteiger partial charge in [-0.05, 0) is 17.9 Å². The van der Waals surface area contributed by atoms with Crippen molar-refractivity contribution in [1.29, 1.82) is 0 Å². The Morgan fingerprint density at radius 1 is 1.30 bits per heavy atom. The zero-order chi connectivity index (χ0) is 14.3. The largest absolute Gasteiger partial charge is 0.481 e. The second-order valence-electron chi connectivity index (χ2n) is 5.18. The molecular formula is C15H13ClN2O2. The molecule has 1 N–H and O–H groups in total. The number of carboxylic acid groups (broad SMARTS) is 1. The number of carboxylic acids is 1. The lowest BCUT2D eigenvalue weighted by Crippen LogP contribution is -2.21. The summed E-state index contributed by atoms with van der Waals surface area (Å²) in [7, 11) is 0. The first-order valence-corrected chi connectivity index (χ1v) is 6.73. The van der Waals surface area contributed by atoms with E-state index in [1.807, 2.05) is 31.2 Å². The SMILES string of the molecule is CC1CC1(C(=O)O)c1ccc(-c2cnc(Cl)cn2)cc1. The van der Waals surface area contributed by atoms with Crippen LogP contribution in [0.3, 0.4) is 0 Å². The Kier molecular flexibility index (Phi) is 2.98. The number of hydrogen-bond acceptors (Lipinski definition) is 3. The molecule has 0 radical (unpaired) electrons. The molecule has 5 heteroatoms. The van der Waals surface area contributed by atoms with Crippen LogP contribution in [0.4, 0.5) is 0 Å². The molecule has 1 fully saturated rings. The second kappa shape index (κ2) is 4.56. The van der Waals surface area contributed by atoms with Gasteiger partial charge in [0.25, 0.3) is 0 Å². The van der Waals surface area contributed by atoms with Gasteiger partial charge in [-0.15, -0.1) is 0 Å². The van der Waals surface area contributed by atoms with Crippen molar-refractivity contribution in [2.75, 3.05) is 0 Å². The molecule has 1 aromatic carbocycles. The van der Waals surface area contributed by atoms with Crippen molar-refractivity contribution < 1.29 is 9.90 Å². The molecule has 1 aliphatic rings. The summed E-state index contributed by atoms with van der Waals surface area (Å²) in [6.45, 7) is 1.96. The minimum absolute atomic E-state index is 0.182. The summed E-state index contributed by atoms with van der Waals surface area (Å²) < 4.78 is 0. The van der Waals surface area contributed by atoms with Gasteiger partial charge in [-0.2, -0.15) is 0 Å². The molecule has 2 atom stereocenters. The van der Waals surface area contributed by atoms with Crippen LogP contribution in [0.15, 0.2) is 36.7 Å². The second-order valence-corrected chi connectivity index (χ2v) is 5.57. The van der Waals surface area contributed by atoms with Crippen LogP contribution < -0.4 is 0 Å². The Labute approximate surface area is 121 Å². The fourth-order valence-corrected chi connectivity index (χ4v) is 2.75. The molecule has 1 heterocycles. The van der Waals surface area contributed by atoms with Crippen molar-refractivity contribution in [2.24, 2.45) is 5.92 Å². The average molecular weight is 289 g/mol. The number of carbonyl (C=O) groups is 1. The molecule has 0 spiro atoms. The predicted molar refractivity (Wildman–Crippen MR) is 75.6 cm³/mol. The molecule has 3 rings (SSSR count). The standard InChI is InChI=1S/C15H13ClN2O2/c1-9-6-15(9,14(19)20)11-4-2-10(3-5-11)12-7-18-13(16)8-17-12/h2-5,7-9H,6H2,1H3,(H,19,20). The molecule has 0 aliphatic heterocycles. The monoisotopic (exact) mass is 288 g/mol. The van der Waals surface area contributed by atoms with Crippen molar-refractivity contribution in [3.05, 3.63) is 47.4 Å². The fourth-order valence-electron chi connectivity index (χ4n) is 2.65. The van der Waals surface area contributed by atoms with Gasteiger partial charge in [-0.1, -0.05) is 42.8 Å². The predicted octanol–water partition coefficient (Wildman–Crippen LogP) is 3.16. The average Bonchev–Trinajstić information content (AvgIpc) is 3.13. The number of benzene rings is 1. The van der Waals surface area contributed by atoms with E-state index in [1.54, 1.807) is 6.20 Å². The molecule has 4 nitrogen and oxygen atoms in total. The first-order valence-electron chi connectivity index (χ1n) is 6.36. The molecule has 0 bridgehead atoms. The van der Waals surface area contributed by atoms with Gasteiger partial charge in [0.2, 0.25) is 0 Å². The number of nitrogens with zero attached hydrogens (tertiary/aromatic N) is 2. The van der Waals surface area contributed by atoms with Gasteiger partial charge in [0.15, 0.2) is 0 Å². The minimum Gasteiger partial charge on any atom is -0.481 e. The highest BCUT2D eigenvalue weighted by Crippen LogP contribution is 2.54. The molecule has 1 aliphatic carbocycles. The molecule has 1 aromatic heterocycles. The Hall–Kier alpha value is -1.94. The zero-order valence-corrected chi connectivity index (χ0v) is 11.6. The first kappa shape index (κ1) is 13.1. The highest BCUT2D eigenvalue weighted by Gasteiger charge is 2.58. The summed E-state index contributed by atoms with van der Waals surface area (Å²) in [4.78, 5) is 19.6. The van der Waals surface area contributed by atoms with E-state index >= 15 is 0 Å². The van der Waals surface area contributed by atoms with E-state index < -0.39 is 11.4 Å². The van der Waals surface area contributed by atoms with Crippen LogP contribution in [0.1, 0.15) is 18.9 Å². The molecule has 0 amide bonds. The number of aliphatic carboxylic acids is 1. The summed E-state index contributed by atoms with van der Waals surface area (Å²) in [5, 5.41) is 9.76. The maximum absolute atomic E-state index is 11.4. The maximum Gasteiger partial charge on any atom is 0.314 e. The maximum atomic E-state index is 11.4. The number of halogens is 1. The third kappa shape index (κ3) is 1.96. The fraction of sp³-hybridized carbons (Fsp3) is 0.267. The van der Waals surface area contributed by atoms with Crippen LogP contribution in [-0.2, 0) is 10.2 Å². The van der Waals surface area contributed by atoms with E-state index in [1.165, 1.54) is 6.20 Å². The molecule has 1 saturated carbocycles. The third-order valence-electron chi connectivity index (χ3n) is 4.01. The Balaban J connectivity index is 1.92. The van der Waals surface area contributed by atoms with Gasteiger partial charge in [-0.3, -0.25) is 9.78 Å². The molecule has 2 unspecified atom stereocenters. The van der Waals surface area contributed by atoms with Crippen molar-refractivity contribution in [3.63, 3.8) is 0 Å². The minimum atomic E-state index is -0.746. The topological polar surface area (TPSA) is 63.1 Å². The van der Waals surface area contributed by atoms with E-state index in [9.17, 15) is 9.90 Å². The summed E-state index contributed by atoms with van der Waals surface area (Å²) in [5.74, 6) is -0.565. The van der Waals surface area contributed by atoms with Crippen LogP contribution >= 0.6 is 11.6 Å².